The Bertz CT molecular complexity index is 1240. The summed E-state index contributed by atoms with van der Waals surface area (Å²) in [6, 6.07) is 22.7. The Hall–Kier alpha value is -4.04. The maximum Gasteiger partial charge on any atom is 0.255 e. The molecule has 0 radical (unpaired) electrons. The van der Waals surface area contributed by atoms with Gasteiger partial charge in [-0.25, -0.2) is 0 Å². The van der Waals surface area contributed by atoms with Crippen LogP contribution in [0.3, 0.4) is 0 Å². The normalized spacial score (nSPS) is 13.3. The van der Waals surface area contributed by atoms with Crippen LogP contribution in [0.2, 0.25) is 0 Å². The molecule has 0 aromatic heterocycles. The number of anilines is 3. The lowest BCUT2D eigenvalue weighted by atomic mass is 10.1. The van der Waals surface area contributed by atoms with E-state index in [-0.39, 0.29) is 11.8 Å². The first-order valence-electron chi connectivity index (χ1n) is 13.7. The van der Waals surface area contributed by atoms with E-state index in [2.05, 4.69) is 45.2 Å². The number of carbonyl (C=O) groups is 2. The quantitative estimate of drug-likeness (QED) is 0.385. The highest BCUT2D eigenvalue weighted by molar-refractivity contribution is 6.06. The number of ether oxygens (including phenoxy) is 1. The molecule has 39 heavy (non-hydrogen) atoms. The van der Waals surface area contributed by atoms with E-state index in [1.807, 2.05) is 48.5 Å². The van der Waals surface area contributed by atoms with Crippen molar-refractivity contribution < 1.29 is 14.3 Å². The van der Waals surface area contributed by atoms with Crippen molar-refractivity contribution in [2.24, 2.45) is 0 Å². The molecule has 1 fully saturated rings. The molecule has 1 heterocycles. The predicted molar refractivity (Wildman–Crippen MR) is 158 cm³/mol. The molecule has 4 rings (SSSR count). The van der Waals surface area contributed by atoms with Crippen molar-refractivity contribution in [3.05, 3.63) is 83.9 Å². The average Bonchev–Trinajstić information content (AvgIpc) is 2.99. The van der Waals surface area contributed by atoms with E-state index in [1.165, 1.54) is 0 Å². The van der Waals surface area contributed by atoms with Gasteiger partial charge < -0.3 is 30.1 Å². The summed E-state index contributed by atoms with van der Waals surface area (Å²) in [5.41, 5.74) is 3.67. The highest BCUT2D eigenvalue weighted by Crippen LogP contribution is 2.31. The van der Waals surface area contributed by atoms with Gasteiger partial charge in [0.25, 0.3) is 11.8 Å². The Morgan fingerprint density at radius 2 is 1.46 bits per heavy atom. The molecule has 3 aromatic rings. The Balaban J connectivity index is 1.52. The lowest BCUT2D eigenvalue weighted by Gasteiger charge is -2.38. The number of amides is 2. The van der Waals surface area contributed by atoms with Gasteiger partial charge in [0.05, 0.1) is 18.4 Å². The Kier molecular flexibility index (Phi) is 9.80. The van der Waals surface area contributed by atoms with Crippen LogP contribution in [0.15, 0.2) is 72.8 Å². The number of nitrogens with one attached hydrogen (secondary N) is 2. The maximum absolute atomic E-state index is 13.4. The van der Waals surface area contributed by atoms with E-state index in [0.717, 1.165) is 62.9 Å². The second-order valence-electron chi connectivity index (χ2n) is 9.48. The summed E-state index contributed by atoms with van der Waals surface area (Å²) in [5.74, 6) is 0.513. The number of hydrogen-bond donors (Lipinski definition) is 2. The molecule has 0 atom stereocenters. The van der Waals surface area contributed by atoms with Gasteiger partial charge in [0.1, 0.15) is 5.75 Å². The standard InChI is InChI=1S/C31H39N5O3/c1-4-34(5-2)18-17-32-31(38)26-23-25(33-30(37)24-11-7-6-8-12-24)15-16-27(26)35-19-21-36(22-20-35)28-13-9-10-14-29(28)39-3/h6-16,23H,4-5,17-22H2,1-3H3,(H,32,38)(H,33,37). The molecule has 8 nitrogen and oxygen atoms in total. The van der Waals surface area contributed by atoms with Crippen LogP contribution in [0.25, 0.3) is 0 Å². The van der Waals surface area contributed by atoms with Crippen molar-refractivity contribution in [1.29, 1.82) is 0 Å². The second kappa shape index (κ2) is 13.7. The fourth-order valence-electron chi connectivity index (χ4n) is 4.91. The summed E-state index contributed by atoms with van der Waals surface area (Å²) < 4.78 is 5.56. The summed E-state index contributed by atoms with van der Waals surface area (Å²) in [7, 11) is 1.69. The summed E-state index contributed by atoms with van der Waals surface area (Å²) in [6.07, 6.45) is 0. The van der Waals surface area contributed by atoms with Crippen LogP contribution in [-0.4, -0.2) is 76.2 Å². The van der Waals surface area contributed by atoms with Crippen molar-refractivity contribution in [2.75, 3.05) is 74.6 Å². The van der Waals surface area contributed by atoms with Crippen LogP contribution in [0.4, 0.5) is 17.1 Å². The molecule has 8 heteroatoms. The number of rotatable bonds is 11. The topological polar surface area (TPSA) is 77.2 Å². The zero-order valence-electron chi connectivity index (χ0n) is 23.2. The van der Waals surface area contributed by atoms with E-state index in [0.29, 0.717) is 23.4 Å². The van der Waals surface area contributed by atoms with Crippen LogP contribution >= 0.6 is 0 Å². The maximum atomic E-state index is 13.4. The van der Waals surface area contributed by atoms with Gasteiger partial charge >= 0.3 is 0 Å². The van der Waals surface area contributed by atoms with Crippen LogP contribution in [0.5, 0.6) is 5.75 Å². The molecule has 2 amide bonds. The molecule has 206 valence electrons. The predicted octanol–water partition coefficient (Wildman–Crippen LogP) is 4.35. The van der Waals surface area contributed by atoms with Gasteiger partial charge in [0.15, 0.2) is 0 Å². The van der Waals surface area contributed by atoms with Gasteiger partial charge in [0, 0.05) is 56.2 Å². The summed E-state index contributed by atoms with van der Waals surface area (Å²) in [4.78, 5) is 33.1. The number of piperazine rings is 1. The zero-order valence-corrected chi connectivity index (χ0v) is 23.2. The molecule has 2 N–H and O–H groups in total. The molecule has 0 bridgehead atoms. The van der Waals surface area contributed by atoms with Crippen LogP contribution in [0.1, 0.15) is 34.6 Å². The van der Waals surface area contributed by atoms with E-state index in [9.17, 15) is 9.59 Å². The first-order valence-corrected chi connectivity index (χ1v) is 13.7. The Morgan fingerprint density at radius 1 is 0.821 bits per heavy atom. The molecule has 0 saturated carbocycles. The highest BCUT2D eigenvalue weighted by Gasteiger charge is 2.24. The first-order chi connectivity index (χ1) is 19.0. The molecular formula is C31H39N5O3. The molecule has 1 aliphatic rings. The smallest absolute Gasteiger partial charge is 0.255 e. The lowest BCUT2D eigenvalue weighted by molar-refractivity contribution is 0.0948. The zero-order chi connectivity index (χ0) is 27.6. The molecular weight excluding hydrogens is 490 g/mol. The van der Waals surface area contributed by atoms with Gasteiger partial charge in [-0.15, -0.1) is 0 Å². The number of nitrogens with zero attached hydrogens (tertiary/aromatic N) is 3. The van der Waals surface area contributed by atoms with Crippen molar-refractivity contribution >= 4 is 28.9 Å². The SMILES string of the molecule is CCN(CC)CCNC(=O)c1cc(NC(=O)c2ccccc2)ccc1N1CCN(c2ccccc2OC)CC1. The van der Waals surface area contributed by atoms with Crippen molar-refractivity contribution in [1.82, 2.24) is 10.2 Å². The molecule has 3 aromatic carbocycles. The highest BCUT2D eigenvalue weighted by atomic mass is 16.5. The van der Waals surface area contributed by atoms with Gasteiger partial charge in [-0.2, -0.15) is 0 Å². The largest absolute Gasteiger partial charge is 0.495 e. The monoisotopic (exact) mass is 529 g/mol. The minimum absolute atomic E-state index is 0.139. The number of benzene rings is 3. The van der Waals surface area contributed by atoms with E-state index < -0.39 is 0 Å². The number of carbonyl (C=O) groups excluding carboxylic acids is 2. The van der Waals surface area contributed by atoms with E-state index in [4.69, 9.17) is 4.74 Å². The second-order valence-corrected chi connectivity index (χ2v) is 9.48. The van der Waals surface area contributed by atoms with E-state index in [1.54, 1.807) is 25.3 Å². The van der Waals surface area contributed by atoms with Gasteiger partial charge in [0.2, 0.25) is 0 Å². The first kappa shape index (κ1) is 28.0. The summed E-state index contributed by atoms with van der Waals surface area (Å²) in [6.45, 7) is 10.6. The summed E-state index contributed by atoms with van der Waals surface area (Å²) in [5, 5.41) is 6.04. The van der Waals surface area contributed by atoms with Crippen LogP contribution < -0.4 is 25.2 Å². The van der Waals surface area contributed by atoms with E-state index >= 15 is 0 Å². The Morgan fingerprint density at radius 3 is 2.13 bits per heavy atom. The lowest BCUT2D eigenvalue weighted by Crippen LogP contribution is -2.47. The fourth-order valence-corrected chi connectivity index (χ4v) is 4.91. The third-order valence-corrected chi connectivity index (χ3v) is 7.19. The van der Waals surface area contributed by atoms with Gasteiger partial charge in [-0.05, 0) is 55.6 Å². The molecule has 1 saturated heterocycles. The molecule has 0 spiro atoms. The Labute approximate surface area is 231 Å². The third kappa shape index (κ3) is 7.09. The number of hydrogen-bond acceptors (Lipinski definition) is 6. The minimum atomic E-state index is -0.207. The molecule has 0 unspecified atom stereocenters. The van der Waals surface area contributed by atoms with Crippen molar-refractivity contribution in [3.63, 3.8) is 0 Å². The fraction of sp³-hybridized carbons (Fsp3) is 0.355. The van der Waals surface area contributed by atoms with Gasteiger partial charge in [-0.3, -0.25) is 9.59 Å². The summed E-state index contributed by atoms with van der Waals surface area (Å²) >= 11 is 0. The molecule has 0 aliphatic carbocycles. The molecule has 1 aliphatic heterocycles. The number of likely N-dealkylation sites (N-methyl/N-ethyl adjacent to an activating group) is 1. The third-order valence-electron chi connectivity index (χ3n) is 7.19. The van der Waals surface area contributed by atoms with Crippen LogP contribution in [-0.2, 0) is 0 Å². The van der Waals surface area contributed by atoms with Crippen molar-refractivity contribution in [3.8, 4) is 5.75 Å². The van der Waals surface area contributed by atoms with Gasteiger partial charge in [-0.1, -0.05) is 44.2 Å². The van der Waals surface area contributed by atoms with Crippen molar-refractivity contribution in [2.45, 2.75) is 13.8 Å². The minimum Gasteiger partial charge on any atom is -0.495 e. The number of para-hydroxylation sites is 2. The average molecular weight is 530 g/mol. The number of methoxy groups -OCH3 is 1. The van der Waals surface area contributed by atoms with Crippen LogP contribution in [0, 0.1) is 0 Å².